The van der Waals surface area contributed by atoms with Crippen molar-refractivity contribution in [2.45, 2.75) is 56.7 Å². The van der Waals surface area contributed by atoms with Crippen LogP contribution >= 0.6 is 18.9 Å². The van der Waals surface area contributed by atoms with Crippen LogP contribution in [0.1, 0.15) is 57.9 Å². The fourth-order valence-corrected chi connectivity index (χ4v) is 9.84. The molecule has 2 aliphatic heterocycles. The number of sulfone groups is 1. The second kappa shape index (κ2) is 13.8. The van der Waals surface area contributed by atoms with Crippen molar-refractivity contribution in [1.82, 2.24) is 15.1 Å². The van der Waals surface area contributed by atoms with Gasteiger partial charge in [-0.25, -0.2) is 8.42 Å². The molecular formula is C36H38F2N3O8PS2. The lowest BCUT2D eigenvalue weighted by atomic mass is 9.84. The third kappa shape index (κ3) is 7.29. The van der Waals surface area contributed by atoms with Gasteiger partial charge in [0.2, 0.25) is 11.8 Å². The van der Waals surface area contributed by atoms with Gasteiger partial charge in [-0.3, -0.25) is 18.9 Å². The summed E-state index contributed by atoms with van der Waals surface area (Å²) in [6, 6.07) is 18.4. The van der Waals surface area contributed by atoms with Crippen LogP contribution in [0, 0.1) is 5.41 Å². The summed E-state index contributed by atoms with van der Waals surface area (Å²) in [7, 11) is -9.36. The highest BCUT2D eigenvalue weighted by molar-refractivity contribution is 7.91. The minimum Gasteiger partial charge on any atom is -0.339 e. The summed E-state index contributed by atoms with van der Waals surface area (Å²) in [5.41, 5.74) is -3.92. The highest BCUT2D eigenvalue weighted by Gasteiger charge is 2.50. The van der Waals surface area contributed by atoms with E-state index in [1.165, 1.54) is 21.9 Å². The normalized spacial score (nSPS) is 19.9. The Morgan fingerprint density at radius 2 is 1.62 bits per heavy atom. The van der Waals surface area contributed by atoms with E-state index in [0.717, 1.165) is 34.6 Å². The average molecular weight is 774 g/mol. The summed E-state index contributed by atoms with van der Waals surface area (Å²) in [6.45, 7) is 5.24. The Morgan fingerprint density at radius 1 is 0.962 bits per heavy atom. The number of carbonyl (C=O) groups is 3. The van der Waals surface area contributed by atoms with E-state index in [1.54, 1.807) is 51.1 Å². The number of nitrogens with one attached hydrogen (secondary N) is 1. The topological polar surface area (TPSA) is 161 Å². The molecule has 276 valence electrons. The van der Waals surface area contributed by atoms with E-state index in [9.17, 15) is 45.9 Å². The third-order valence-corrected chi connectivity index (χ3v) is 13.8. The van der Waals surface area contributed by atoms with Crippen LogP contribution < -0.4 is 5.32 Å². The number of benzene rings is 3. The molecule has 0 saturated carbocycles. The number of hydrogen-bond donors (Lipinski definition) is 3. The van der Waals surface area contributed by atoms with Gasteiger partial charge in [0.05, 0.1) is 10.6 Å². The molecule has 1 saturated heterocycles. The van der Waals surface area contributed by atoms with Gasteiger partial charge in [0.25, 0.3) is 5.91 Å². The molecule has 1 fully saturated rings. The van der Waals surface area contributed by atoms with Crippen LogP contribution in [0.2, 0.25) is 0 Å². The van der Waals surface area contributed by atoms with Crippen LogP contribution in [-0.4, -0.2) is 76.7 Å². The first kappa shape index (κ1) is 37.7. The lowest BCUT2D eigenvalue weighted by Gasteiger charge is -2.43. The first-order chi connectivity index (χ1) is 24.3. The molecule has 4 aromatic rings. The highest BCUT2D eigenvalue weighted by Crippen LogP contribution is 2.59. The van der Waals surface area contributed by atoms with Crippen molar-refractivity contribution in [3.05, 3.63) is 106 Å². The molecule has 3 amide bonds. The Kier molecular flexibility index (Phi) is 9.99. The molecule has 11 nitrogen and oxygen atoms in total. The van der Waals surface area contributed by atoms with Crippen LogP contribution in [0.4, 0.5) is 8.78 Å². The minimum absolute atomic E-state index is 0.0299. The van der Waals surface area contributed by atoms with Crippen LogP contribution in [0.3, 0.4) is 0 Å². The van der Waals surface area contributed by atoms with E-state index in [1.807, 2.05) is 24.3 Å². The van der Waals surface area contributed by atoms with E-state index < -0.39 is 69.1 Å². The Labute approximate surface area is 303 Å². The van der Waals surface area contributed by atoms with Crippen LogP contribution in [0.5, 0.6) is 0 Å². The molecule has 16 heteroatoms. The molecule has 1 aromatic heterocycles. The summed E-state index contributed by atoms with van der Waals surface area (Å²) >= 11 is 0.959. The van der Waals surface area contributed by atoms with Crippen molar-refractivity contribution >= 4 is 56.6 Å². The molecule has 1 unspecified atom stereocenters. The Balaban J connectivity index is 1.29. The maximum Gasteiger partial charge on any atom is 0.399 e. The number of fused-ring (bicyclic) bond motifs is 2. The van der Waals surface area contributed by atoms with Gasteiger partial charge in [-0.05, 0) is 45.7 Å². The number of carbonyl (C=O) groups excluding carboxylic acids is 3. The molecule has 0 bridgehead atoms. The van der Waals surface area contributed by atoms with Crippen LogP contribution in [0.15, 0.2) is 78.9 Å². The molecule has 3 N–H and O–H groups in total. The van der Waals surface area contributed by atoms with Gasteiger partial charge < -0.3 is 24.9 Å². The summed E-state index contributed by atoms with van der Waals surface area (Å²) in [6.07, 6.45) is 0.183. The van der Waals surface area contributed by atoms with Gasteiger partial charge in [-0.15, -0.1) is 11.3 Å². The van der Waals surface area contributed by atoms with Gasteiger partial charge in [-0.1, -0.05) is 81.4 Å². The fourth-order valence-electron chi connectivity index (χ4n) is 6.68. The Bertz CT molecular complexity index is 2200. The Morgan fingerprint density at radius 3 is 2.27 bits per heavy atom. The van der Waals surface area contributed by atoms with Gasteiger partial charge in [-0.2, -0.15) is 8.78 Å². The van der Waals surface area contributed by atoms with Crippen molar-refractivity contribution in [3.63, 3.8) is 0 Å². The number of halogens is 2. The molecule has 3 atom stereocenters. The molecule has 0 radical (unpaired) electrons. The molecule has 52 heavy (non-hydrogen) atoms. The van der Waals surface area contributed by atoms with E-state index in [2.05, 4.69) is 5.32 Å². The van der Waals surface area contributed by atoms with Gasteiger partial charge >= 0.3 is 13.3 Å². The van der Waals surface area contributed by atoms with Gasteiger partial charge in [0.1, 0.15) is 17.3 Å². The van der Waals surface area contributed by atoms with E-state index in [-0.39, 0.29) is 42.1 Å². The zero-order valence-corrected chi connectivity index (χ0v) is 31.1. The summed E-state index contributed by atoms with van der Waals surface area (Å²) in [5.74, 6) is -1.83. The predicted molar refractivity (Wildman–Crippen MR) is 193 cm³/mol. The summed E-state index contributed by atoms with van der Waals surface area (Å²) in [5, 5.41) is 2.05. The standard InChI is InChI=1S/C36H38F2N3O8PS2/c1-35(2,3)31(39-32(42)29-19-25-17-26(13-14-28(25)51-29)36(37,38)50(45,46)47)34(44)41-20-24-12-8-7-11-23(24)18-27(41)33(43)40-15-16-52(48,49)30(21-40)22-9-5-4-6-10-22/h4-14,17,19,27,30-31H,15-16,18,20-21H2,1-3H3,(H,39,42)(H2,45,46,47)/t27-,30+,31?/m0/s1. The van der Waals surface area contributed by atoms with Gasteiger partial charge in [0.15, 0.2) is 9.84 Å². The van der Waals surface area contributed by atoms with E-state index >= 15 is 0 Å². The van der Waals surface area contributed by atoms with Crippen molar-refractivity contribution in [2.75, 3.05) is 18.8 Å². The van der Waals surface area contributed by atoms with E-state index in [4.69, 9.17) is 0 Å². The van der Waals surface area contributed by atoms with Crippen molar-refractivity contribution in [2.24, 2.45) is 5.41 Å². The van der Waals surface area contributed by atoms with Crippen molar-refractivity contribution < 1.29 is 45.9 Å². The second-order valence-electron chi connectivity index (χ2n) is 14.2. The quantitative estimate of drug-likeness (QED) is 0.216. The van der Waals surface area contributed by atoms with Crippen molar-refractivity contribution in [1.29, 1.82) is 0 Å². The van der Waals surface area contributed by atoms with E-state index in [0.29, 0.717) is 10.3 Å². The smallest absolute Gasteiger partial charge is 0.339 e. The SMILES string of the molecule is CC(C)(C)C(NC(=O)c1cc2cc(C(F)(F)P(=O)(O)O)ccc2s1)C(=O)N1Cc2ccccc2C[C@H]1C(=O)N1CCS(=O)(=O)[C@@H](c2ccccc2)C1. The number of rotatable bonds is 7. The lowest BCUT2D eigenvalue weighted by molar-refractivity contribution is -0.149. The molecule has 3 aromatic carbocycles. The molecule has 2 aliphatic rings. The maximum atomic E-state index is 14.6. The van der Waals surface area contributed by atoms with Crippen LogP contribution in [-0.2, 0) is 42.6 Å². The molecular weight excluding hydrogens is 736 g/mol. The maximum absolute atomic E-state index is 14.6. The predicted octanol–water partition coefficient (Wildman–Crippen LogP) is 5.22. The number of thiophene rings is 1. The highest BCUT2D eigenvalue weighted by atomic mass is 32.2. The number of hydrogen-bond acceptors (Lipinski definition) is 7. The number of nitrogens with zero attached hydrogens (tertiary/aromatic N) is 2. The fraction of sp³-hybridized carbons (Fsp3) is 0.361. The summed E-state index contributed by atoms with van der Waals surface area (Å²) in [4.78, 5) is 64.1. The van der Waals surface area contributed by atoms with Crippen molar-refractivity contribution in [3.8, 4) is 0 Å². The monoisotopic (exact) mass is 773 g/mol. The number of amides is 3. The van der Waals surface area contributed by atoms with Gasteiger partial charge in [0, 0.05) is 36.3 Å². The molecule has 0 aliphatic carbocycles. The third-order valence-electron chi connectivity index (χ3n) is 9.61. The zero-order valence-electron chi connectivity index (χ0n) is 28.5. The molecule has 6 rings (SSSR count). The Hall–Kier alpha value is -4.01. The molecule has 0 spiro atoms. The van der Waals surface area contributed by atoms with Crippen LogP contribution in [0.25, 0.3) is 10.1 Å². The zero-order chi connectivity index (χ0) is 37.8. The largest absolute Gasteiger partial charge is 0.399 e. The number of alkyl halides is 2. The molecule has 3 heterocycles. The average Bonchev–Trinajstić information content (AvgIpc) is 3.52. The lowest BCUT2D eigenvalue weighted by Crippen LogP contribution is -2.61. The first-order valence-corrected chi connectivity index (χ1v) is 20.6. The second-order valence-corrected chi connectivity index (χ2v) is 19.3. The first-order valence-electron chi connectivity index (χ1n) is 16.5. The summed E-state index contributed by atoms with van der Waals surface area (Å²) < 4.78 is 66.9. The minimum atomic E-state index is -5.81.